The number of nitrogens with two attached hydrogens (primary N) is 1. The van der Waals surface area contributed by atoms with Crippen molar-refractivity contribution in [3.8, 4) is 0 Å². The molecule has 0 amide bonds. The first-order valence-corrected chi connectivity index (χ1v) is 9.71. The summed E-state index contributed by atoms with van der Waals surface area (Å²) in [6.07, 6.45) is 0.0365. The van der Waals surface area contributed by atoms with Crippen LogP contribution in [-0.4, -0.2) is 46.4 Å². The Kier molecular flexibility index (Phi) is 4.46. The van der Waals surface area contributed by atoms with Crippen LogP contribution in [0.25, 0.3) is 0 Å². The van der Waals surface area contributed by atoms with Gasteiger partial charge in [-0.05, 0) is 31.5 Å². The third-order valence-electron chi connectivity index (χ3n) is 6.14. The van der Waals surface area contributed by atoms with E-state index < -0.39 is 23.8 Å². The number of ether oxygens (including phenoxy) is 2. The fourth-order valence-corrected chi connectivity index (χ4v) is 4.65. The second kappa shape index (κ2) is 6.88. The third-order valence-corrected chi connectivity index (χ3v) is 6.14. The number of halogens is 2. The van der Waals surface area contributed by atoms with Crippen molar-refractivity contribution in [3.05, 3.63) is 52.6 Å². The van der Waals surface area contributed by atoms with E-state index in [0.717, 1.165) is 50.0 Å². The van der Waals surface area contributed by atoms with Gasteiger partial charge in [0.25, 0.3) is 0 Å². The summed E-state index contributed by atoms with van der Waals surface area (Å²) in [5.41, 5.74) is 8.88. The van der Waals surface area contributed by atoms with Crippen LogP contribution in [0.2, 0.25) is 0 Å². The Morgan fingerprint density at radius 2 is 1.96 bits per heavy atom. The average Bonchev–Trinajstić information content (AvgIpc) is 3.15. The summed E-state index contributed by atoms with van der Waals surface area (Å²) in [4.78, 5) is 7.07. The normalized spacial score (nSPS) is 28.4. The number of nitrogens with zero attached hydrogens (tertiary/aromatic N) is 3. The first-order chi connectivity index (χ1) is 13.5. The van der Waals surface area contributed by atoms with Crippen LogP contribution in [0.15, 0.2) is 18.2 Å². The number of rotatable bonds is 3. The molecule has 0 aliphatic carbocycles. The number of hydrogen-bond acceptors (Lipinski definition) is 5. The van der Waals surface area contributed by atoms with Gasteiger partial charge in [-0.2, -0.15) is 0 Å². The standard InChI is InChI=1S/C20H24F2N4O2/c1-11-24-18-6-25(7-19(18)26(11)14-8-27-9-14)13-5-17(23)20(28-10-13)15-4-12(21)2-3-16(15)22/h2-4,13-14,17,20H,5-10,23H2,1H3/t13-,17+,20-/m1/s1. The third kappa shape index (κ3) is 2.95. The fraction of sp³-hybridized carbons (Fsp3) is 0.550. The molecule has 2 fully saturated rings. The lowest BCUT2D eigenvalue weighted by atomic mass is 9.93. The molecule has 0 bridgehead atoms. The van der Waals surface area contributed by atoms with Gasteiger partial charge in [0.05, 0.1) is 37.3 Å². The lowest BCUT2D eigenvalue weighted by Gasteiger charge is -2.39. The highest BCUT2D eigenvalue weighted by molar-refractivity contribution is 5.25. The lowest BCUT2D eigenvalue weighted by Crippen LogP contribution is -2.48. The summed E-state index contributed by atoms with van der Waals surface area (Å²) in [6.45, 7) is 5.51. The van der Waals surface area contributed by atoms with E-state index in [4.69, 9.17) is 20.2 Å². The van der Waals surface area contributed by atoms with Crippen molar-refractivity contribution in [3.63, 3.8) is 0 Å². The highest BCUT2D eigenvalue weighted by Crippen LogP contribution is 2.35. The second-order valence-corrected chi connectivity index (χ2v) is 7.99. The summed E-state index contributed by atoms with van der Waals surface area (Å²) < 4.78 is 41.2. The number of benzene rings is 1. The minimum atomic E-state index is -0.627. The van der Waals surface area contributed by atoms with Crippen LogP contribution >= 0.6 is 0 Å². The molecule has 2 N–H and O–H groups in total. The first kappa shape index (κ1) is 18.2. The van der Waals surface area contributed by atoms with Crippen LogP contribution in [0.5, 0.6) is 0 Å². The summed E-state index contributed by atoms with van der Waals surface area (Å²) in [5, 5.41) is 0. The number of imidazole rings is 1. The topological polar surface area (TPSA) is 65.5 Å². The highest BCUT2D eigenvalue weighted by Gasteiger charge is 2.39. The summed E-state index contributed by atoms with van der Waals surface area (Å²) in [5.74, 6) is 0.0734. The van der Waals surface area contributed by atoms with E-state index in [0.29, 0.717) is 19.1 Å². The molecule has 2 saturated heterocycles. The Morgan fingerprint density at radius 3 is 2.68 bits per heavy atom. The molecule has 0 spiro atoms. The van der Waals surface area contributed by atoms with Gasteiger partial charge in [-0.15, -0.1) is 0 Å². The summed E-state index contributed by atoms with van der Waals surface area (Å²) >= 11 is 0. The Morgan fingerprint density at radius 1 is 1.14 bits per heavy atom. The summed E-state index contributed by atoms with van der Waals surface area (Å²) in [7, 11) is 0. The van der Waals surface area contributed by atoms with E-state index >= 15 is 0 Å². The average molecular weight is 390 g/mol. The van der Waals surface area contributed by atoms with Crippen molar-refractivity contribution in [1.29, 1.82) is 0 Å². The van der Waals surface area contributed by atoms with Gasteiger partial charge in [-0.3, -0.25) is 4.90 Å². The minimum Gasteiger partial charge on any atom is -0.377 e. The van der Waals surface area contributed by atoms with E-state index in [2.05, 4.69) is 9.47 Å². The van der Waals surface area contributed by atoms with E-state index in [9.17, 15) is 8.78 Å². The zero-order valence-corrected chi connectivity index (χ0v) is 15.8. The van der Waals surface area contributed by atoms with E-state index in [-0.39, 0.29) is 11.6 Å². The number of aryl methyl sites for hydroxylation is 1. The lowest BCUT2D eigenvalue weighted by molar-refractivity contribution is -0.0545. The number of hydrogen-bond donors (Lipinski definition) is 1. The molecule has 5 rings (SSSR count). The number of fused-ring (bicyclic) bond motifs is 1. The predicted molar refractivity (Wildman–Crippen MR) is 97.5 cm³/mol. The molecule has 2 aromatic rings. The molecule has 1 aromatic carbocycles. The molecular weight excluding hydrogens is 366 g/mol. The Balaban J connectivity index is 1.29. The van der Waals surface area contributed by atoms with Gasteiger partial charge in [0.2, 0.25) is 0 Å². The van der Waals surface area contributed by atoms with Crippen LogP contribution in [-0.2, 0) is 22.6 Å². The van der Waals surface area contributed by atoms with Gasteiger partial charge in [-0.1, -0.05) is 0 Å². The zero-order valence-electron chi connectivity index (χ0n) is 15.8. The quantitative estimate of drug-likeness (QED) is 0.871. The van der Waals surface area contributed by atoms with Gasteiger partial charge >= 0.3 is 0 Å². The SMILES string of the molecule is Cc1nc2c(n1C1COC1)CN([C@H]1CO[C@H](c3cc(F)ccc3F)[C@@H](N)C1)C2. The van der Waals surface area contributed by atoms with Gasteiger partial charge < -0.3 is 19.8 Å². The van der Waals surface area contributed by atoms with E-state index in [1.807, 2.05) is 6.92 Å². The van der Waals surface area contributed by atoms with Crippen molar-refractivity contribution >= 4 is 0 Å². The van der Waals surface area contributed by atoms with E-state index in [1.54, 1.807) is 0 Å². The Hall–Kier alpha value is -1.87. The molecular formula is C20H24F2N4O2. The maximum atomic E-state index is 14.1. The molecule has 3 aliphatic heterocycles. The molecule has 1 aromatic heterocycles. The summed E-state index contributed by atoms with van der Waals surface area (Å²) in [6, 6.07) is 3.52. The molecule has 0 unspecified atom stereocenters. The van der Waals surface area contributed by atoms with Crippen LogP contribution in [0, 0.1) is 18.6 Å². The number of aromatic nitrogens is 2. The Bertz CT molecular complexity index is 899. The second-order valence-electron chi connectivity index (χ2n) is 7.99. The van der Waals surface area contributed by atoms with Gasteiger partial charge in [0.1, 0.15) is 23.6 Å². The largest absolute Gasteiger partial charge is 0.377 e. The smallest absolute Gasteiger partial charge is 0.129 e. The minimum absolute atomic E-state index is 0.128. The van der Waals surface area contributed by atoms with E-state index in [1.165, 1.54) is 11.8 Å². The van der Waals surface area contributed by atoms with Gasteiger partial charge in [0.15, 0.2) is 0 Å². The fourth-order valence-electron chi connectivity index (χ4n) is 4.65. The van der Waals surface area contributed by atoms with Crippen molar-refractivity contribution in [2.75, 3.05) is 19.8 Å². The maximum absolute atomic E-state index is 14.1. The van der Waals surface area contributed by atoms with Crippen molar-refractivity contribution < 1.29 is 18.3 Å². The molecule has 6 nitrogen and oxygen atoms in total. The molecule has 150 valence electrons. The van der Waals surface area contributed by atoms with Crippen LogP contribution in [0.1, 0.15) is 41.3 Å². The van der Waals surface area contributed by atoms with Crippen LogP contribution in [0.4, 0.5) is 8.78 Å². The molecule has 3 aliphatic rings. The van der Waals surface area contributed by atoms with Gasteiger partial charge in [0, 0.05) is 30.7 Å². The predicted octanol–water partition coefficient (Wildman–Crippen LogP) is 2.21. The Labute approximate surface area is 162 Å². The molecule has 4 heterocycles. The molecule has 28 heavy (non-hydrogen) atoms. The monoisotopic (exact) mass is 390 g/mol. The molecule has 3 atom stereocenters. The van der Waals surface area contributed by atoms with Gasteiger partial charge in [-0.25, -0.2) is 13.8 Å². The highest BCUT2D eigenvalue weighted by atomic mass is 19.1. The van der Waals surface area contributed by atoms with Crippen LogP contribution < -0.4 is 5.73 Å². The van der Waals surface area contributed by atoms with Crippen molar-refractivity contribution in [1.82, 2.24) is 14.5 Å². The maximum Gasteiger partial charge on any atom is 0.129 e. The van der Waals surface area contributed by atoms with Crippen LogP contribution in [0.3, 0.4) is 0 Å². The molecule has 8 heteroatoms. The first-order valence-electron chi connectivity index (χ1n) is 9.71. The van der Waals surface area contributed by atoms with Crippen molar-refractivity contribution in [2.24, 2.45) is 5.73 Å². The molecule has 0 saturated carbocycles. The zero-order chi connectivity index (χ0) is 19.4. The van der Waals surface area contributed by atoms with Crippen molar-refractivity contribution in [2.45, 2.75) is 50.7 Å². The molecule has 0 radical (unpaired) electrons.